The van der Waals surface area contributed by atoms with Crippen molar-refractivity contribution in [1.29, 1.82) is 0 Å². The second kappa shape index (κ2) is 8.31. The largest absolute Gasteiger partial charge is 0.508 e. The Morgan fingerprint density at radius 1 is 1.06 bits per heavy atom. The predicted molar refractivity (Wildman–Crippen MR) is 113 cm³/mol. The number of hydrogen-bond donors (Lipinski definition) is 2. The minimum atomic E-state index is -0.817. The van der Waals surface area contributed by atoms with Crippen LogP contribution in [-0.4, -0.2) is 38.9 Å². The molecule has 156 valence electrons. The first-order valence-electron chi connectivity index (χ1n) is 9.60. The van der Waals surface area contributed by atoms with Crippen LogP contribution in [-0.2, 0) is 16.1 Å². The summed E-state index contributed by atoms with van der Waals surface area (Å²) in [7, 11) is 1.53. The zero-order valence-corrected chi connectivity index (χ0v) is 16.7. The molecule has 1 aliphatic rings. The van der Waals surface area contributed by atoms with Gasteiger partial charge in [0.25, 0.3) is 11.7 Å². The van der Waals surface area contributed by atoms with Crippen LogP contribution in [0.4, 0.5) is 0 Å². The third-order valence-corrected chi connectivity index (χ3v) is 5.19. The number of benzene rings is 2. The molecule has 0 aliphatic carbocycles. The number of hydrogen-bond acceptors (Lipinski definition) is 6. The molecular formula is C24H20N2O5. The summed E-state index contributed by atoms with van der Waals surface area (Å²) in [5, 5.41) is 20.7. The number of Topliss-reactive ketones (excluding diaryl/α,β-unsaturated/α-hetero) is 1. The number of ether oxygens (including phenoxy) is 1. The minimum Gasteiger partial charge on any atom is -0.508 e. The van der Waals surface area contributed by atoms with Gasteiger partial charge in [-0.05, 0) is 53.6 Å². The van der Waals surface area contributed by atoms with Crippen molar-refractivity contribution in [1.82, 2.24) is 9.88 Å². The fourth-order valence-corrected chi connectivity index (χ4v) is 3.64. The van der Waals surface area contributed by atoms with E-state index in [1.54, 1.807) is 54.9 Å². The SMILES string of the molecule is COc1ccc(/C(O)=C2\C(=O)C(=O)N(Cc3cccnc3)C2c2ccc(O)cc2)cc1. The molecule has 7 heteroatoms. The van der Waals surface area contributed by atoms with E-state index in [0.717, 1.165) is 5.56 Å². The maximum atomic E-state index is 13.0. The van der Waals surface area contributed by atoms with E-state index in [-0.39, 0.29) is 23.6 Å². The number of amides is 1. The number of aliphatic hydroxyl groups excluding tert-OH is 1. The highest BCUT2D eigenvalue weighted by Crippen LogP contribution is 2.40. The highest BCUT2D eigenvalue weighted by Gasteiger charge is 2.46. The molecule has 4 rings (SSSR count). The number of rotatable bonds is 5. The molecule has 1 saturated heterocycles. The summed E-state index contributed by atoms with van der Waals surface area (Å²) in [5.41, 5.74) is 1.72. The molecule has 1 unspecified atom stereocenters. The van der Waals surface area contributed by atoms with Gasteiger partial charge >= 0.3 is 0 Å². The summed E-state index contributed by atoms with van der Waals surface area (Å²) in [4.78, 5) is 31.4. The van der Waals surface area contributed by atoms with Gasteiger partial charge in [-0.15, -0.1) is 0 Å². The number of nitrogens with zero attached hydrogens (tertiary/aromatic N) is 2. The Labute approximate surface area is 178 Å². The molecule has 1 fully saturated rings. The molecule has 0 spiro atoms. The third kappa shape index (κ3) is 3.85. The van der Waals surface area contributed by atoms with Gasteiger partial charge in [0.15, 0.2) is 0 Å². The highest BCUT2D eigenvalue weighted by molar-refractivity contribution is 6.46. The number of aromatic nitrogens is 1. The maximum Gasteiger partial charge on any atom is 0.295 e. The molecule has 1 aromatic heterocycles. The lowest BCUT2D eigenvalue weighted by Crippen LogP contribution is -2.29. The Hall–Kier alpha value is -4.13. The van der Waals surface area contributed by atoms with Crippen LogP contribution in [0.3, 0.4) is 0 Å². The van der Waals surface area contributed by atoms with Crippen LogP contribution in [0.15, 0.2) is 78.6 Å². The number of carbonyl (C=O) groups is 2. The lowest BCUT2D eigenvalue weighted by Gasteiger charge is -2.25. The van der Waals surface area contributed by atoms with Crippen LogP contribution in [0.25, 0.3) is 5.76 Å². The first kappa shape index (κ1) is 20.2. The molecule has 1 aliphatic heterocycles. The lowest BCUT2D eigenvalue weighted by molar-refractivity contribution is -0.140. The van der Waals surface area contributed by atoms with Gasteiger partial charge in [-0.1, -0.05) is 18.2 Å². The topological polar surface area (TPSA) is 100.0 Å². The molecule has 1 atom stereocenters. The first-order valence-corrected chi connectivity index (χ1v) is 9.60. The van der Waals surface area contributed by atoms with Crippen molar-refractivity contribution in [3.05, 3.63) is 95.3 Å². The molecule has 2 aromatic carbocycles. The molecule has 3 aromatic rings. The van der Waals surface area contributed by atoms with E-state index in [9.17, 15) is 19.8 Å². The van der Waals surface area contributed by atoms with Crippen molar-refractivity contribution >= 4 is 17.4 Å². The summed E-state index contributed by atoms with van der Waals surface area (Å²) in [6.45, 7) is 0.142. The monoisotopic (exact) mass is 416 g/mol. The number of phenolic OH excluding ortho intramolecular Hbond substituents is 1. The van der Waals surface area contributed by atoms with Gasteiger partial charge < -0.3 is 19.8 Å². The van der Waals surface area contributed by atoms with Crippen molar-refractivity contribution in [2.75, 3.05) is 7.11 Å². The standard InChI is InChI=1S/C24H20N2O5/c1-31-19-10-6-17(7-11-19)22(28)20-21(16-4-8-18(27)9-5-16)26(24(30)23(20)29)14-15-3-2-12-25-13-15/h2-13,21,27-28H,14H2,1H3/b22-20+. The zero-order chi connectivity index (χ0) is 22.0. The van der Waals surface area contributed by atoms with Crippen molar-refractivity contribution < 1.29 is 24.5 Å². The van der Waals surface area contributed by atoms with Gasteiger partial charge in [0, 0.05) is 24.5 Å². The lowest BCUT2D eigenvalue weighted by atomic mass is 9.95. The smallest absolute Gasteiger partial charge is 0.295 e. The Morgan fingerprint density at radius 2 is 1.77 bits per heavy atom. The Balaban J connectivity index is 1.84. The van der Waals surface area contributed by atoms with Crippen LogP contribution < -0.4 is 4.74 Å². The quantitative estimate of drug-likeness (QED) is 0.376. The molecule has 1 amide bonds. The van der Waals surface area contributed by atoms with Crippen molar-refractivity contribution in [2.24, 2.45) is 0 Å². The molecule has 2 N–H and O–H groups in total. The number of carbonyl (C=O) groups excluding carboxylic acids is 2. The number of methoxy groups -OCH3 is 1. The number of aliphatic hydroxyl groups is 1. The predicted octanol–water partition coefficient (Wildman–Crippen LogP) is 3.42. The van der Waals surface area contributed by atoms with Gasteiger partial charge in [-0.25, -0.2) is 0 Å². The van der Waals surface area contributed by atoms with Crippen molar-refractivity contribution in [3.63, 3.8) is 0 Å². The summed E-state index contributed by atoms with van der Waals surface area (Å²) in [6.07, 6.45) is 3.25. The van der Waals surface area contributed by atoms with Crippen LogP contribution in [0, 0.1) is 0 Å². The average Bonchev–Trinajstić information content (AvgIpc) is 3.05. The molecule has 7 nitrogen and oxygen atoms in total. The summed E-state index contributed by atoms with van der Waals surface area (Å²) in [5.74, 6) is -1.09. The molecule has 0 bridgehead atoms. The second-order valence-electron chi connectivity index (χ2n) is 7.11. The molecule has 2 heterocycles. The van der Waals surface area contributed by atoms with Crippen LogP contribution in [0.1, 0.15) is 22.7 Å². The van der Waals surface area contributed by atoms with Crippen molar-refractivity contribution in [3.8, 4) is 11.5 Å². The summed E-state index contributed by atoms with van der Waals surface area (Å²) >= 11 is 0. The Morgan fingerprint density at radius 3 is 2.39 bits per heavy atom. The zero-order valence-electron chi connectivity index (χ0n) is 16.7. The van der Waals surface area contributed by atoms with E-state index >= 15 is 0 Å². The van der Waals surface area contributed by atoms with Crippen LogP contribution >= 0.6 is 0 Å². The Bertz CT molecular complexity index is 1140. The van der Waals surface area contributed by atoms with Crippen LogP contribution in [0.5, 0.6) is 11.5 Å². The van der Waals surface area contributed by atoms with E-state index < -0.39 is 17.7 Å². The number of aromatic hydroxyl groups is 1. The van der Waals surface area contributed by atoms with Crippen LogP contribution in [0.2, 0.25) is 0 Å². The van der Waals surface area contributed by atoms with E-state index in [2.05, 4.69) is 4.98 Å². The van der Waals surface area contributed by atoms with Gasteiger partial charge in [0.1, 0.15) is 17.3 Å². The average molecular weight is 416 g/mol. The van der Waals surface area contributed by atoms with E-state index in [1.807, 2.05) is 6.07 Å². The van der Waals surface area contributed by atoms with Crippen molar-refractivity contribution in [2.45, 2.75) is 12.6 Å². The van der Waals surface area contributed by atoms with E-state index in [4.69, 9.17) is 4.74 Å². The Kier molecular flexibility index (Phi) is 5.41. The molecule has 0 radical (unpaired) electrons. The highest BCUT2D eigenvalue weighted by atomic mass is 16.5. The van der Waals surface area contributed by atoms with E-state index in [0.29, 0.717) is 16.9 Å². The third-order valence-electron chi connectivity index (χ3n) is 5.19. The maximum absolute atomic E-state index is 13.0. The first-order chi connectivity index (χ1) is 15.0. The number of phenols is 1. The number of likely N-dealkylation sites (tertiary alicyclic amines) is 1. The van der Waals surface area contributed by atoms with Gasteiger partial charge in [0.05, 0.1) is 18.7 Å². The number of pyridine rings is 1. The normalized spacial score (nSPS) is 17.7. The molecular weight excluding hydrogens is 396 g/mol. The minimum absolute atomic E-state index is 0.00949. The summed E-state index contributed by atoms with van der Waals surface area (Å²) in [6, 6.07) is 15.5. The van der Waals surface area contributed by atoms with Gasteiger partial charge in [-0.2, -0.15) is 0 Å². The number of ketones is 1. The van der Waals surface area contributed by atoms with Gasteiger partial charge in [0.2, 0.25) is 0 Å². The fourth-order valence-electron chi connectivity index (χ4n) is 3.64. The van der Waals surface area contributed by atoms with E-state index in [1.165, 1.54) is 24.1 Å². The van der Waals surface area contributed by atoms with Gasteiger partial charge in [-0.3, -0.25) is 14.6 Å². The second-order valence-corrected chi connectivity index (χ2v) is 7.11. The molecule has 0 saturated carbocycles. The summed E-state index contributed by atoms with van der Waals surface area (Å²) < 4.78 is 5.14. The fraction of sp³-hybridized carbons (Fsp3) is 0.125. The molecule has 31 heavy (non-hydrogen) atoms.